The van der Waals surface area contributed by atoms with Crippen LogP contribution in [0.5, 0.6) is 0 Å². The summed E-state index contributed by atoms with van der Waals surface area (Å²) in [7, 11) is 1.69. The van der Waals surface area contributed by atoms with Gasteiger partial charge in [-0.3, -0.25) is 4.99 Å². The molecule has 1 aromatic carbocycles. The van der Waals surface area contributed by atoms with Crippen LogP contribution in [-0.4, -0.2) is 19.1 Å². The summed E-state index contributed by atoms with van der Waals surface area (Å²) in [5.74, 6) is 0.651. The zero-order valence-corrected chi connectivity index (χ0v) is 11.2. The molecule has 0 heterocycles. The Morgan fingerprint density at radius 2 is 1.75 bits per heavy atom. The Morgan fingerprint density at radius 1 is 1.19 bits per heavy atom. The lowest BCUT2D eigenvalue weighted by Gasteiger charge is -2.11. The number of halogens is 3. The fourth-order valence-corrected chi connectivity index (χ4v) is 1.57. The molecule has 0 atom stereocenters. The van der Waals surface area contributed by atoms with Crippen LogP contribution < -0.4 is 0 Å². The van der Waals surface area contributed by atoms with Gasteiger partial charge in [0.2, 0.25) is 3.79 Å². The fraction of sp³-hybridized carbons (Fsp3) is 0.273. The average molecular weight is 278 g/mol. The Bertz CT molecular complexity index is 402. The Labute approximate surface area is 110 Å². The highest BCUT2D eigenvalue weighted by atomic mass is 35.6. The molecule has 0 saturated carbocycles. The summed E-state index contributed by atoms with van der Waals surface area (Å²) in [6, 6.07) is 7.15. The molecule has 5 heteroatoms. The first-order chi connectivity index (χ1) is 7.49. The van der Waals surface area contributed by atoms with Crippen molar-refractivity contribution in [3.8, 4) is 0 Å². The largest absolute Gasteiger partial charge is 0.270 e. The van der Waals surface area contributed by atoms with Gasteiger partial charge >= 0.3 is 0 Å². The van der Waals surface area contributed by atoms with Crippen molar-refractivity contribution in [3.05, 3.63) is 35.4 Å². The lowest BCUT2D eigenvalue weighted by molar-refractivity contribution is 1.24. The summed E-state index contributed by atoms with van der Waals surface area (Å²) in [6.45, 7) is 1.83. The van der Waals surface area contributed by atoms with Gasteiger partial charge in [-0.1, -0.05) is 59.1 Å². The monoisotopic (exact) mass is 276 g/mol. The molecule has 0 aromatic heterocycles. The summed E-state index contributed by atoms with van der Waals surface area (Å²) in [5, 5.41) is 0. The van der Waals surface area contributed by atoms with Gasteiger partial charge in [-0.25, -0.2) is 4.99 Å². The maximum atomic E-state index is 5.76. The van der Waals surface area contributed by atoms with Crippen LogP contribution in [0.3, 0.4) is 0 Å². The van der Waals surface area contributed by atoms with Gasteiger partial charge in [-0.05, 0) is 6.92 Å². The van der Waals surface area contributed by atoms with E-state index in [0.29, 0.717) is 11.4 Å². The Balaban J connectivity index is 3.04. The van der Waals surface area contributed by atoms with Gasteiger partial charge in [0.05, 0.1) is 0 Å². The molecule has 0 aliphatic heterocycles. The van der Waals surface area contributed by atoms with E-state index in [0.717, 1.165) is 5.56 Å². The highest BCUT2D eigenvalue weighted by Crippen LogP contribution is 2.37. The highest BCUT2D eigenvalue weighted by molar-refractivity contribution is 6.66. The van der Waals surface area contributed by atoms with Gasteiger partial charge < -0.3 is 0 Å². The van der Waals surface area contributed by atoms with Gasteiger partial charge in [0, 0.05) is 24.4 Å². The summed E-state index contributed by atoms with van der Waals surface area (Å²) in [6.07, 6.45) is 1.69. The second-order valence-corrected chi connectivity index (χ2v) is 5.29. The molecule has 0 aliphatic carbocycles. The van der Waals surface area contributed by atoms with E-state index in [4.69, 9.17) is 34.8 Å². The molecule has 0 fully saturated rings. The molecule has 0 aliphatic rings. The van der Waals surface area contributed by atoms with E-state index in [2.05, 4.69) is 9.98 Å². The van der Waals surface area contributed by atoms with Crippen molar-refractivity contribution in [3.63, 3.8) is 0 Å². The number of benzene rings is 1. The normalized spacial score (nSPS) is 13.4. The standard InChI is InChI=1S/C11H11Cl3N2/c1-3-16-10(15-2)8-4-6-9(7-5-8)11(12,13)14/h3-7H,1-2H3/b15-10-,16-3-. The predicted molar refractivity (Wildman–Crippen MR) is 72.3 cm³/mol. The Hall–Kier alpha value is -0.570. The van der Waals surface area contributed by atoms with Crippen molar-refractivity contribution in [2.24, 2.45) is 9.98 Å². The lowest BCUT2D eigenvalue weighted by atomic mass is 10.1. The van der Waals surface area contributed by atoms with Gasteiger partial charge in [-0.2, -0.15) is 0 Å². The molecule has 0 N–H and O–H groups in total. The van der Waals surface area contributed by atoms with E-state index in [1.807, 2.05) is 19.1 Å². The summed E-state index contributed by atoms with van der Waals surface area (Å²) >= 11 is 17.3. The molecule has 86 valence electrons. The zero-order valence-electron chi connectivity index (χ0n) is 8.92. The third-order valence-corrected chi connectivity index (χ3v) is 2.59. The third-order valence-electron chi connectivity index (χ3n) is 1.93. The second-order valence-electron chi connectivity index (χ2n) is 3.01. The Kier molecular flexibility index (Phi) is 4.78. The molecule has 0 unspecified atom stereocenters. The smallest absolute Gasteiger partial charge is 0.216 e. The zero-order chi connectivity index (χ0) is 12.2. The number of nitrogens with zero attached hydrogens (tertiary/aromatic N) is 2. The third kappa shape index (κ3) is 3.48. The number of hydrogen-bond acceptors (Lipinski definition) is 1. The number of aliphatic imine (C=N–C) groups is 2. The first kappa shape index (κ1) is 13.5. The van der Waals surface area contributed by atoms with Gasteiger partial charge in [0.15, 0.2) is 5.84 Å². The van der Waals surface area contributed by atoms with Crippen molar-refractivity contribution in [1.82, 2.24) is 0 Å². The molecule has 16 heavy (non-hydrogen) atoms. The first-order valence-electron chi connectivity index (χ1n) is 4.62. The maximum absolute atomic E-state index is 5.76. The van der Waals surface area contributed by atoms with Crippen molar-refractivity contribution in [1.29, 1.82) is 0 Å². The minimum absolute atomic E-state index is 0.622. The second kappa shape index (κ2) is 5.67. The van der Waals surface area contributed by atoms with E-state index in [1.165, 1.54) is 0 Å². The van der Waals surface area contributed by atoms with Crippen LogP contribution in [0.1, 0.15) is 18.1 Å². The van der Waals surface area contributed by atoms with Crippen molar-refractivity contribution in [2.45, 2.75) is 10.7 Å². The van der Waals surface area contributed by atoms with E-state index in [9.17, 15) is 0 Å². The molecule has 1 aromatic rings. The van der Waals surface area contributed by atoms with E-state index >= 15 is 0 Å². The molecule has 0 spiro atoms. The van der Waals surface area contributed by atoms with Crippen LogP contribution in [0.2, 0.25) is 0 Å². The quantitative estimate of drug-likeness (QED) is 0.421. The van der Waals surface area contributed by atoms with Crippen LogP contribution in [0.15, 0.2) is 34.3 Å². The number of alkyl halides is 3. The number of amidine groups is 1. The summed E-state index contributed by atoms with van der Waals surface area (Å²) < 4.78 is -1.39. The average Bonchev–Trinajstić information content (AvgIpc) is 2.25. The topological polar surface area (TPSA) is 24.7 Å². The maximum Gasteiger partial charge on any atom is 0.216 e. The first-order valence-corrected chi connectivity index (χ1v) is 5.75. The van der Waals surface area contributed by atoms with E-state index in [1.54, 1.807) is 25.4 Å². The molecular formula is C11H11Cl3N2. The molecule has 0 bridgehead atoms. The van der Waals surface area contributed by atoms with Crippen LogP contribution >= 0.6 is 34.8 Å². The molecule has 1 rings (SSSR count). The number of hydrogen-bond donors (Lipinski definition) is 0. The van der Waals surface area contributed by atoms with Crippen LogP contribution in [-0.2, 0) is 3.79 Å². The highest BCUT2D eigenvalue weighted by Gasteiger charge is 2.22. The summed E-state index contributed by atoms with van der Waals surface area (Å²) in [5.41, 5.74) is 1.51. The molecule has 0 amide bonds. The fourth-order valence-electron chi connectivity index (χ4n) is 1.19. The molecular weight excluding hydrogens is 266 g/mol. The van der Waals surface area contributed by atoms with E-state index in [-0.39, 0.29) is 0 Å². The minimum atomic E-state index is -1.39. The van der Waals surface area contributed by atoms with Crippen molar-refractivity contribution < 1.29 is 0 Å². The molecule has 0 saturated heterocycles. The predicted octanol–water partition coefficient (Wildman–Crippen LogP) is 3.98. The summed E-state index contributed by atoms with van der Waals surface area (Å²) in [4.78, 5) is 8.19. The lowest BCUT2D eigenvalue weighted by Crippen LogP contribution is -2.02. The SMILES string of the molecule is C/C=N\C(=N/C)c1ccc(C(Cl)(Cl)Cl)cc1. The Morgan fingerprint density at radius 3 is 2.12 bits per heavy atom. The number of rotatable bonds is 1. The van der Waals surface area contributed by atoms with Crippen LogP contribution in [0.25, 0.3) is 0 Å². The molecule has 0 radical (unpaired) electrons. The van der Waals surface area contributed by atoms with Crippen molar-refractivity contribution in [2.75, 3.05) is 7.05 Å². The van der Waals surface area contributed by atoms with E-state index < -0.39 is 3.79 Å². The van der Waals surface area contributed by atoms with Crippen LogP contribution in [0, 0.1) is 0 Å². The van der Waals surface area contributed by atoms with Gasteiger partial charge in [0.25, 0.3) is 0 Å². The minimum Gasteiger partial charge on any atom is -0.270 e. The molecule has 2 nitrogen and oxygen atoms in total. The van der Waals surface area contributed by atoms with Crippen LogP contribution in [0.4, 0.5) is 0 Å². The van der Waals surface area contributed by atoms with Gasteiger partial charge in [0.1, 0.15) is 0 Å². The van der Waals surface area contributed by atoms with Gasteiger partial charge in [-0.15, -0.1) is 0 Å². The van der Waals surface area contributed by atoms with Crippen molar-refractivity contribution >= 4 is 46.9 Å².